The Balaban J connectivity index is 1.97. The van der Waals surface area contributed by atoms with E-state index < -0.39 is 29.5 Å². The summed E-state index contributed by atoms with van der Waals surface area (Å²) in [7, 11) is 4.24. The molecule has 3 aromatic carbocycles. The number of ketones is 1. The molecule has 0 bridgehead atoms. The first-order valence-corrected chi connectivity index (χ1v) is 11.8. The van der Waals surface area contributed by atoms with E-state index in [1.54, 1.807) is 48.5 Å². The summed E-state index contributed by atoms with van der Waals surface area (Å²) < 4.78 is 16.2. The molecule has 196 valence electrons. The zero-order valence-electron chi connectivity index (χ0n) is 20.7. The topological polar surface area (TPSA) is 123 Å². The fourth-order valence-electron chi connectivity index (χ4n) is 4.43. The number of hydrogen-bond donors (Lipinski definition) is 2. The summed E-state index contributed by atoms with van der Waals surface area (Å²) in [5, 5.41) is 20.8. The molecule has 3 aromatic rings. The Morgan fingerprint density at radius 3 is 2.13 bits per heavy atom. The maximum absolute atomic E-state index is 13.5. The van der Waals surface area contributed by atoms with E-state index in [0.717, 1.165) is 0 Å². The Hall–Kier alpha value is -4.50. The van der Waals surface area contributed by atoms with Crippen molar-refractivity contribution < 1.29 is 38.8 Å². The van der Waals surface area contributed by atoms with E-state index in [2.05, 4.69) is 0 Å². The molecule has 38 heavy (non-hydrogen) atoms. The highest BCUT2D eigenvalue weighted by atomic mass is 35.5. The first-order chi connectivity index (χ1) is 18.2. The van der Waals surface area contributed by atoms with Crippen molar-refractivity contribution in [2.45, 2.75) is 12.5 Å². The molecule has 0 aliphatic carbocycles. The van der Waals surface area contributed by atoms with Crippen LogP contribution in [0.15, 0.2) is 66.2 Å². The number of methoxy groups -OCH3 is 3. The van der Waals surface area contributed by atoms with E-state index in [0.29, 0.717) is 22.6 Å². The number of rotatable bonds is 8. The van der Waals surface area contributed by atoms with E-state index in [9.17, 15) is 19.5 Å². The molecule has 1 unspecified atom stereocenters. The molecule has 0 radical (unpaired) electrons. The van der Waals surface area contributed by atoms with Crippen molar-refractivity contribution in [3.8, 4) is 17.2 Å². The number of nitrogens with zero attached hydrogens (tertiary/aromatic N) is 1. The number of ether oxygens (including phenoxy) is 3. The minimum Gasteiger partial charge on any atom is -0.507 e. The lowest BCUT2D eigenvalue weighted by Gasteiger charge is -2.27. The molecule has 9 nitrogen and oxygen atoms in total. The van der Waals surface area contributed by atoms with Gasteiger partial charge in [-0.05, 0) is 29.8 Å². The van der Waals surface area contributed by atoms with Gasteiger partial charge in [-0.3, -0.25) is 19.3 Å². The van der Waals surface area contributed by atoms with Crippen LogP contribution in [0.2, 0.25) is 5.02 Å². The molecule has 0 aromatic heterocycles. The number of aliphatic carboxylic acids is 1. The Labute approximate surface area is 223 Å². The second kappa shape index (κ2) is 10.9. The highest BCUT2D eigenvalue weighted by Gasteiger charge is 2.48. The monoisotopic (exact) mass is 537 g/mol. The lowest BCUT2D eigenvalue weighted by Crippen LogP contribution is -2.29. The van der Waals surface area contributed by atoms with E-state index in [1.807, 2.05) is 0 Å². The number of Topliss-reactive ketones (excluding diaryl/α,β-unsaturated/α-hetero) is 1. The number of amides is 1. The Morgan fingerprint density at radius 2 is 1.53 bits per heavy atom. The first-order valence-electron chi connectivity index (χ1n) is 11.4. The number of halogens is 1. The van der Waals surface area contributed by atoms with Crippen LogP contribution in [0.1, 0.15) is 22.7 Å². The minimum atomic E-state index is -1.08. The zero-order valence-corrected chi connectivity index (χ0v) is 21.5. The maximum atomic E-state index is 13.5. The van der Waals surface area contributed by atoms with Crippen molar-refractivity contribution in [2.24, 2.45) is 0 Å². The van der Waals surface area contributed by atoms with Gasteiger partial charge in [-0.1, -0.05) is 41.9 Å². The van der Waals surface area contributed by atoms with Gasteiger partial charge in [-0.25, -0.2) is 0 Å². The number of para-hydroxylation sites is 1. The lowest BCUT2D eigenvalue weighted by atomic mass is 9.94. The van der Waals surface area contributed by atoms with Gasteiger partial charge in [0.1, 0.15) is 23.0 Å². The highest BCUT2D eigenvalue weighted by Crippen LogP contribution is 2.46. The van der Waals surface area contributed by atoms with Crippen molar-refractivity contribution in [1.29, 1.82) is 0 Å². The van der Waals surface area contributed by atoms with Crippen LogP contribution in [0, 0.1) is 0 Å². The standard InChI is InChI=1S/C28H24ClNO8/c1-36-20-7-5-4-6-17(20)25-24(26(33)18-13-22(38-3)19(29)14-21(18)37-2)27(34)28(35)30(25)16-10-8-15(9-11-16)12-23(31)32/h4-11,13-14,25,33H,12H2,1-3H3,(H,31,32)/b26-24+. The molecule has 1 aliphatic rings. The number of anilines is 1. The van der Waals surface area contributed by atoms with Crippen LogP contribution in [0.3, 0.4) is 0 Å². The lowest BCUT2D eigenvalue weighted by molar-refractivity contribution is -0.136. The fourth-order valence-corrected chi connectivity index (χ4v) is 4.66. The van der Waals surface area contributed by atoms with Crippen molar-refractivity contribution in [3.63, 3.8) is 0 Å². The quantitative estimate of drug-likeness (QED) is 0.242. The normalized spacial score (nSPS) is 16.4. The number of aliphatic hydroxyl groups excluding tert-OH is 1. The molecule has 1 fully saturated rings. The molecule has 1 aliphatic heterocycles. The maximum Gasteiger partial charge on any atom is 0.307 e. The second-order valence-electron chi connectivity index (χ2n) is 8.34. The zero-order chi connectivity index (χ0) is 27.6. The summed E-state index contributed by atoms with van der Waals surface area (Å²) in [6.07, 6.45) is -0.201. The Kier molecular flexibility index (Phi) is 7.59. The van der Waals surface area contributed by atoms with Gasteiger partial charge in [0, 0.05) is 17.3 Å². The molecule has 2 N–H and O–H groups in total. The number of hydrogen-bond acceptors (Lipinski definition) is 7. The number of carboxylic acids is 1. The number of carbonyl (C=O) groups is 3. The van der Waals surface area contributed by atoms with Crippen molar-refractivity contribution in [1.82, 2.24) is 0 Å². The van der Waals surface area contributed by atoms with Crippen molar-refractivity contribution in [2.75, 3.05) is 26.2 Å². The Bertz CT molecular complexity index is 1450. The van der Waals surface area contributed by atoms with Gasteiger partial charge in [0.2, 0.25) is 0 Å². The van der Waals surface area contributed by atoms with Gasteiger partial charge in [0.05, 0.1) is 50.0 Å². The molecule has 1 amide bonds. The molecular formula is C28H24ClNO8. The smallest absolute Gasteiger partial charge is 0.307 e. The predicted molar refractivity (Wildman–Crippen MR) is 140 cm³/mol. The average molecular weight is 538 g/mol. The number of carboxylic acid groups (broad SMARTS) is 1. The van der Waals surface area contributed by atoms with Crippen molar-refractivity contribution >= 4 is 40.7 Å². The third-order valence-electron chi connectivity index (χ3n) is 6.18. The van der Waals surface area contributed by atoms with Crippen LogP contribution in [0.4, 0.5) is 5.69 Å². The number of benzene rings is 3. The summed E-state index contributed by atoms with van der Waals surface area (Å²) >= 11 is 6.22. The molecule has 0 saturated carbocycles. The minimum absolute atomic E-state index is 0.100. The molecule has 0 spiro atoms. The molecule has 1 heterocycles. The molecule has 1 atom stereocenters. The second-order valence-corrected chi connectivity index (χ2v) is 8.74. The van der Waals surface area contributed by atoms with Gasteiger partial charge in [0.25, 0.3) is 11.7 Å². The van der Waals surface area contributed by atoms with Gasteiger partial charge < -0.3 is 24.4 Å². The molecule has 1 saturated heterocycles. The van der Waals surface area contributed by atoms with E-state index >= 15 is 0 Å². The van der Waals surface area contributed by atoms with Crippen molar-refractivity contribution in [3.05, 3.63) is 87.9 Å². The highest BCUT2D eigenvalue weighted by molar-refractivity contribution is 6.51. The van der Waals surface area contributed by atoms with Crippen LogP contribution in [-0.4, -0.2) is 49.2 Å². The van der Waals surface area contributed by atoms with Crippen LogP contribution < -0.4 is 19.1 Å². The summed E-state index contributed by atoms with van der Waals surface area (Å²) in [6, 6.07) is 14.8. The third kappa shape index (κ3) is 4.76. The van der Waals surface area contributed by atoms with Crippen LogP contribution >= 0.6 is 11.6 Å². The average Bonchev–Trinajstić information content (AvgIpc) is 3.18. The van der Waals surface area contributed by atoms with Crippen LogP contribution in [0.5, 0.6) is 17.2 Å². The summed E-state index contributed by atoms with van der Waals surface area (Å²) in [6.45, 7) is 0. The predicted octanol–water partition coefficient (Wildman–Crippen LogP) is 4.62. The fraction of sp³-hybridized carbons (Fsp3) is 0.179. The molecule has 4 rings (SSSR count). The van der Waals surface area contributed by atoms with Gasteiger partial charge in [-0.15, -0.1) is 0 Å². The number of aliphatic hydroxyl groups is 1. The number of carbonyl (C=O) groups excluding carboxylic acids is 2. The van der Waals surface area contributed by atoms with Crippen LogP contribution in [0.25, 0.3) is 5.76 Å². The largest absolute Gasteiger partial charge is 0.507 e. The summed E-state index contributed by atoms with van der Waals surface area (Å²) in [5.41, 5.74) is 1.20. The molecular weight excluding hydrogens is 514 g/mol. The SMILES string of the molecule is COc1cc(/C(O)=C2\C(=O)C(=O)N(c3ccc(CC(=O)O)cc3)C2c2ccccc2OC)c(OC)cc1Cl. The van der Waals surface area contributed by atoms with Gasteiger partial charge in [-0.2, -0.15) is 0 Å². The first kappa shape index (κ1) is 26.6. The van der Waals surface area contributed by atoms with Crippen LogP contribution in [-0.2, 0) is 20.8 Å². The summed E-state index contributed by atoms with van der Waals surface area (Å²) in [4.78, 5) is 39.3. The van der Waals surface area contributed by atoms with E-state index in [1.165, 1.54) is 38.4 Å². The Morgan fingerprint density at radius 1 is 0.895 bits per heavy atom. The summed E-state index contributed by atoms with van der Waals surface area (Å²) in [5.74, 6) is -2.52. The van der Waals surface area contributed by atoms with E-state index in [-0.39, 0.29) is 34.1 Å². The van der Waals surface area contributed by atoms with E-state index in [4.69, 9.17) is 30.9 Å². The van der Waals surface area contributed by atoms with Gasteiger partial charge >= 0.3 is 5.97 Å². The molecule has 10 heteroatoms. The van der Waals surface area contributed by atoms with Gasteiger partial charge in [0.15, 0.2) is 0 Å². The third-order valence-corrected chi connectivity index (χ3v) is 6.47.